The Kier molecular flexibility index (Phi) is 7.89. The van der Waals surface area contributed by atoms with Crippen LogP contribution in [0.4, 0.5) is 0 Å². The number of nitrogens with two attached hydrogens (primary N) is 1. The lowest BCUT2D eigenvalue weighted by molar-refractivity contribution is 0.303. The fourth-order valence-corrected chi connectivity index (χ4v) is 0.879. The number of hydrogen-bond acceptors (Lipinski definition) is 3. The minimum Gasteiger partial charge on any atom is -0.329 e. The van der Waals surface area contributed by atoms with E-state index in [2.05, 4.69) is 24.2 Å². The summed E-state index contributed by atoms with van der Waals surface area (Å²) in [6.45, 7) is 5.98. The maximum atomic E-state index is 5.33. The van der Waals surface area contributed by atoms with Gasteiger partial charge in [-0.15, -0.1) is 0 Å². The van der Waals surface area contributed by atoms with E-state index in [0.717, 1.165) is 19.8 Å². The first-order valence-corrected chi connectivity index (χ1v) is 4.40. The van der Waals surface area contributed by atoms with Gasteiger partial charge in [0.15, 0.2) is 0 Å². The first-order chi connectivity index (χ1) is 5.31. The van der Waals surface area contributed by atoms with Gasteiger partial charge in [-0.3, -0.25) is 4.90 Å². The van der Waals surface area contributed by atoms with Gasteiger partial charge in [0.1, 0.15) is 0 Å². The molecule has 3 N–H and O–H groups in total. The Morgan fingerprint density at radius 1 is 1.45 bits per heavy atom. The molecular formula is C8H21N3. The van der Waals surface area contributed by atoms with Gasteiger partial charge in [-0.25, -0.2) is 0 Å². The van der Waals surface area contributed by atoms with E-state index >= 15 is 0 Å². The molecule has 0 saturated carbocycles. The van der Waals surface area contributed by atoms with E-state index < -0.39 is 0 Å². The summed E-state index contributed by atoms with van der Waals surface area (Å²) >= 11 is 0. The molecule has 0 unspecified atom stereocenters. The normalized spacial score (nSPS) is 10.9. The molecule has 0 amide bonds. The van der Waals surface area contributed by atoms with E-state index in [1.807, 2.05) is 0 Å². The molecule has 0 spiro atoms. The van der Waals surface area contributed by atoms with Gasteiger partial charge >= 0.3 is 0 Å². The Morgan fingerprint density at radius 2 is 2.18 bits per heavy atom. The van der Waals surface area contributed by atoms with Crippen molar-refractivity contribution >= 4 is 0 Å². The summed E-state index contributed by atoms with van der Waals surface area (Å²) in [4.78, 5) is 2.28. The molecule has 0 saturated heterocycles. The minimum absolute atomic E-state index is 0.724. The number of nitrogens with zero attached hydrogens (tertiary/aromatic N) is 1. The van der Waals surface area contributed by atoms with Crippen molar-refractivity contribution in [2.24, 2.45) is 5.73 Å². The second kappa shape index (κ2) is 7.98. The second-order valence-corrected chi connectivity index (χ2v) is 2.88. The van der Waals surface area contributed by atoms with Gasteiger partial charge in [-0.1, -0.05) is 13.3 Å². The zero-order chi connectivity index (χ0) is 8.53. The molecule has 68 valence electrons. The molecule has 0 aromatic rings. The first kappa shape index (κ1) is 10.9. The molecule has 0 radical (unpaired) electrons. The third-order valence-corrected chi connectivity index (χ3v) is 1.60. The van der Waals surface area contributed by atoms with Crippen molar-refractivity contribution in [2.45, 2.75) is 19.8 Å². The highest BCUT2D eigenvalue weighted by Crippen LogP contribution is 1.88. The van der Waals surface area contributed by atoms with Crippen LogP contribution in [0, 0.1) is 0 Å². The molecule has 0 fully saturated rings. The lowest BCUT2D eigenvalue weighted by atomic mass is 10.3. The molecule has 0 rings (SSSR count). The van der Waals surface area contributed by atoms with E-state index in [4.69, 9.17) is 5.73 Å². The van der Waals surface area contributed by atoms with Gasteiger partial charge in [-0.2, -0.15) is 0 Å². The van der Waals surface area contributed by atoms with Crippen LogP contribution in [0.1, 0.15) is 19.8 Å². The van der Waals surface area contributed by atoms with E-state index in [9.17, 15) is 0 Å². The molecule has 11 heavy (non-hydrogen) atoms. The van der Waals surface area contributed by atoms with Gasteiger partial charge in [-0.05, 0) is 20.0 Å². The monoisotopic (exact) mass is 159 g/mol. The van der Waals surface area contributed by atoms with E-state index in [-0.39, 0.29) is 0 Å². The van der Waals surface area contributed by atoms with E-state index in [1.165, 1.54) is 19.4 Å². The average Bonchev–Trinajstić information content (AvgIpc) is 2.01. The molecule has 0 aromatic carbocycles. The molecule has 0 atom stereocenters. The van der Waals surface area contributed by atoms with Crippen molar-refractivity contribution in [3.8, 4) is 0 Å². The maximum absolute atomic E-state index is 5.33. The first-order valence-electron chi connectivity index (χ1n) is 4.40. The van der Waals surface area contributed by atoms with Crippen molar-refractivity contribution in [1.29, 1.82) is 0 Å². The van der Waals surface area contributed by atoms with Crippen molar-refractivity contribution in [2.75, 3.05) is 33.4 Å². The third-order valence-electron chi connectivity index (χ3n) is 1.60. The van der Waals surface area contributed by atoms with Gasteiger partial charge < -0.3 is 11.1 Å². The maximum Gasteiger partial charge on any atom is 0.0478 e. The summed E-state index contributed by atoms with van der Waals surface area (Å²) in [5.74, 6) is 0. The number of nitrogens with one attached hydrogen (secondary N) is 1. The molecular weight excluding hydrogens is 138 g/mol. The molecule has 3 nitrogen and oxygen atoms in total. The van der Waals surface area contributed by atoms with Crippen LogP contribution in [0.2, 0.25) is 0 Å². The number of rotatable bonds is 7. The summed E-state index contributed by atoms with van der Waals surface area (Å²) in [7, 11) is 2.12. The fraction of sp³-hybridized carbons (Fsp3) is 1.00. The third kappa shape index (κ3) is 7.78. The van der Waals surface area contributed by atoms with Crippen molar-refractivity contribution in [3.63, 3.8) is 0 Å². The summed E-state index contributed by atoms with van der Waals surface area (Å²) in [6, 6.07) is 0. The van der Waals surface area contributed by atoms with Crippen molar-refractivity contribution < 1.29 is 0 Å². The average molecular weight is 159 g/mol. The minimum atomic E-state index is 0.724. The zero-order valence-electron chi connectivity index (χ0n) is 7.77. The highest BCUT2D eigenvalue weighted by atomic mass is 15.2. The molecule has 3 heteroatoms. The van der Waals surface area contributed by atoms with Gasteiger partial charge in [0.25, 0.3) is 0 Å². The molecule has 0 aliphatic heterocycles. The number of hydrogen-bond donors (Lipinski definition) is 2. The summed E-state index contributed by atoms with van der Waals surface area (Å²) < 4.78 is 0. The highest BCUT2D eigenvalue weighted by Gasteiger charge is 1.94. The Bertz CT molecular complexity index is 75.7. The van der Waals surface area contributed by atoms with Crippen molar-refractivity contribution in [1.82, 2.24) is 10.2 Å². The summed E-state index contributed by atoms with van der Waals surface area (Å²) in [5, 5.41) is 3.24. The standard InChI is InChI=1S/C8H21N3/c1-3-4-7-11(2)8-10-6-5-9/h10H,3-9H2,1-2H3. The van der Waals surface area contributed by atoms with Crippen LogP contribution in [0.15, 0.2) is 0 Å². The lowest BCUT2D eigenvalue weighted by Gasteiger charge is -2.16. The summed E-state index contributed by atoms with van der Waals surface area (Å²) in [6.07, 6.45) is 2.54. The van der Waals surface area contributed by atoms with Crippen LogP contribution < -0.4 is 11.1 Å². The topological polar surface area (TPSA) is 41.3 Å². The van der Waals surface area contributed by atoms with Gasteiger partial charge in [0.05, 0.1) is 0 Å². The summed E-state index contributed by atoms with van der Waals surface area (Å²) in [5.41, 5.74) is 5.33. The SMILES string of the molecule is CCCCN(C)CNCCN. The van der Waals surface area contributed by atoms with Gasteiger partial charge in [0.2, 0.25) is 0 Å². The highest BCUT2D eigenvalue weighted by molar-refractivity contribution is 4.50. The van der Waals surface area contributed by atoms with E-state index in [0.29, 0.717) is 0 Å². The van der Waals surface area contributed by atoms with Crippen LogP contribution >= 0.6 is 0 Å². The lowest BCUT2D eigenvalue weighted by Crippen LogP contribution is -2.34. The Hall–Kier alpha value is -0.120. The number of unbranched alkanes of at least 4 members (excludes halogenated alkanes) is 1. The largest absolute Gasteiger partial charge is 0.329 e. The second-order valence-electron chi connectivity index (χ2n) is 2.88. The smallest absolute Gasteiger partial charge is 0.0478 e. The molecule has 0 aliphatic carbocycles. The van der Waals surface area contributed by atoms with Crippen LogP contribution in [0.3, 0.4) is 0 Å². The van der Waals surface area contributed by atoms with Crippen molar-refractivity contribution in [3.05, 3.63) is 0 Å². The van der Waals surface area contributed by atoms with Crippen LogP contribution in [-0.2, 0) is 0 Å². The van der Waals surface area contributed by atoms with Crippen LogP contribution in [-0.4, -0.2) is 38.3 Å². The molecule has 0 heterocycles. The Morgan fingerprint density at radius 3 is 2.73 bits per heavy atom. The molecule has 0 bridgehead atoms. The van der Waals surface area contributed by atoms with Gasteiger partial charge in [0, 0.05) is 19.8 Å². The predicted molar refractivity (Wildman–Crippen MR) is 49.5 cm³/mol. The quantitative estimate of drug-likeness (QED) is 0.412. The Labute approximate surface area is 69.9 Å². The van der Waals surface area contributed by atoms with Crippen LogP contribution in [0.5, 0.6) is 0 Å². The predicted octanol–water partition coefficient (Wildman–Crippen LogP) is 0.224. The van der Waals surface area contributed by atoms with Crippen LogP contribution in [0.25, 0.3) is 0 Å². The molecule has 0 aliphatic rings. The molecule has 0 aromatic heterocycles. The van der Waals surface area contributed by atoms with E-state index in [1.54, 1.807) is 0 Å². The zero-order valence-corrected chi connectivity index (χ0v) is 7.77. The Balaban J connectivity index is 3.02. The fourth-order valence-electron chi connectivity index (χ4n) is 0.879.